The van der Waals surface area contributed by atoms with Gasteiger partial charge in [0.05, 0.1) is 0 Å². The Morgan fingerprint density at radius 1 is 0.789 bits per heavy atom. The monoisotopic (exact) mass is 513 g/mol. The average Bonchev–Trinajstić information content (AvgIpc) is 3.36. The molecule has 0 bridgehead atoms. The predicted molar refractivity (Wildman–Crippen MR) is 144 cm³/mol. The van der Waals surface area contributed by atoms with Crippen molar-refractivity contribution >= 4 is 28.7 Å². The van der Waals surface area contributed by atoms with E-state index in [-0.39, 0.29) is 32.5 Å². The molecule has 196 valence electrons. The predicted octanol–water partition coefficient (Wildman–Crippen LogP) is 3.79. The lowest BCUT2D eigenvalue weighted by Gasteiger charge is -2.18. The Kier molecular flexibility index (Phi) is 9.26. The van der Waals surface area contributed by atoms with Crippen molar-refractivity contribution in [2.45, 2.75) is 44.6 Å². The second-order valence-electron chi connectivity index (χ2n) is 9.02. The van der Waals surface area contributed by atoms with Crippen LogP contribution in [0.15, 0.2) is 91.1 Å². The van der Waals surface area contributed by atoms with Gasteiger partial charge < -0.3 is 25.5 Å². The summed E-state index contributed by atoms with van der Waals surface area (Å²) >= 11 is 0. The molecule has 2 atom stereocenters. The summed E-state index contributed by atoms with van der Waals surface area (Å²) in [7, 11) is 0. The summed E-state index contributed by atoms with van der Waals surface area (Å²) in [6, 6.07) is 24.5. The Balaban J connectivity index is 1.34. The number of benzene rings is 3. The van der Waals surface area contributed by atoms with Crippen LogP contribution in [0.3, 0.4) is 0 Å². The molecule has 1 aromatic heterocycles. The summed E-state index contributed by atoms with van der Waals surface area (Å²) in [5.41, 5.74) is 9.46. The molecule has 8 heteroatoms. The fraction of sp³-hybridized carbons (Fsp3) is 0.233. The molecule has 0 saturated carbocycles. The van der Waals surface area contributed by atoms with Gasteiger partial charge in [0, 0.05) is 29.9 Å². The van der Waals surface area contributed by atoms with Crippen LogP contribution in [0, 0.1) is 0 Å². The van der Waals surface area contributed by atoms with E-state index >= 15 is 0 Å². The third kappa shape index (κ3) is 7.54. The van der Waals surface area contributed by atoms with Gasteiger partial charge in [0.25, 0.3) is 0 Å². The Labute approximate surface area is 221 Å². The number of nitrogens with two attached hydrogens (primary N) is 1. The van der Waals surface area contributed by atoms with Crippen molar-refractivity contribution in [3.63, 3.8) is 0 Å². The molecule has 0 unspecified atom stereocenters. The molecule has 4 aromatic rings. The molecular weight excluding hydrogens is 482 g/mol. The van der Waals surface area contributed by atoms with Crippen molar-refractivity contribution in [3.05, 3.63) is 108 Å². The van der Waals surface area contributed by atoms with E-state index in [1.165, 1.54) is 0 Å². The molecule has 0 saturated heterocycles. The van der Waals surface area contributed by atoms with E-state index in [4.69, 9.17) is 15.2 Å². The molecular formula is C30H31N3O5. The number of fused-ring (bicyclic) bond motifs is 1. The molecule has 0 fully saturated rings. The number of hydrogen-bond donors (Lipinski definition) is 3. The zero-order valence-electron chi connectivity index (χ0n) is 21.0. The molecule has 4 rings (SSSR count). The minimum atomic E-state index is -0.957. The van der Waals surface area contributed by atoms with Crippen LogP contribution in [-0.4, -0.2) is 34.9 Å². The molecule has 0 aliphatic rings. The number of ether oxygens (including phenoxy) is 2. The third-order valence-electron chi connectivity index (χ3n) is 6.15. The van der Waals surface area contributed by atoms with E-state index < -0.39 is 29.9 Å². The highest BCUT2D eigenvalue weighted by Crippen LogP contribution is 2.20. The fourth-order valence-electron chi connectivity index (χ4n) is 4.05. The lowest BCUT2D eigenvalue weighted by Crippen LogP contribution is -2.44. The zero-order chi connectivity index (χ0) is 26.7. The quantitative estimate of drug-likeness (QED) is 0.248. The molecule has 38 heavy (non-hydrogen) atoms. The molecule has 1 amide bonds. The Hall–Kier alpha value is -4.43. The van der Waals surface area contributed by atoms with E-state index in [0.29, 0.717) is 0 Å². The number of rotatable bonds is 12. The topological polar surface area (TPSA) is 124 Å². The summed E-state index contributed by atoms with van der Waals surface area (Å²) in [6.45, 7) is 0.206. The molecule has 0 spiro atoms. The van der Waals surface area contributed by atoms with Gasteiger partial charge in [-0.15, -0.1) is 0 Å². The third-order valence-corrected chi connectivity index (χ3v) is 6.15. The fourth-order valence-corrected chi connectivity index (χ4v) is 4.05. The number of H-pyrrole nitrogens is 1. The number of aromatic amines is 1. The summed E-state index contributed by atoms with van der Waals surface area (Å²) in [6.07, 6.45) is 2.11. The second kappa shape index (κ2) is 13.2. The molecule has 0 radical (unpaired) electrons. The average molecular weight is 514 g/mol. The van der Waals surface area contributed by atoms with Gasteiger partial charge in [-0.05, 0) is 29.2 Å². The first-order chi connectivity index (χ1) is 18.5. The standard InChI is InChI=1S/C30H31N3O5/c31-25(29(35)37-19-21-9-3-1-4-10-21)15-16-28(34)33-27(30(36)38-20-22-11-5-2-6-12-22)17-23-18-32-26-14-8-7-13-24(23)26/h1-14,18,25,27,32H,15-17,19-20,31H2,(H,33,34)/t25-,27-/m1/s1. The minimum Gasteiger partial charge on any atom is -0.460 e. The molecule has 3 aromatic carbocycles. The minimum absolute atomic E-state index is 0.0437. The summed E-state index contributed by atoms with van der Waals surface area (Å²) in [5.74, 6) is -1.53. The first-order valence-corrected chi connectivity index (χ1v) is 12.5. The first-order valence-electron chi connectivity index (χ1n) is 12.5. The van der Waals surface area contributed by atoms with E-state index in [9.17, 15) is 14.4 Å². The summed E-state index contributed by atoms with van der Waals surface area (Å²) < 4.78 is 10.8. The second-order valence-corrected chi connectivity index (χ2v) is 9.02. The Bertz CT molecular complexity index is 1350. The van der Waals surface area contributed by atoms with Gasteiger partial charge in [0.2, 0.25) is 5.91 Å². The summed E-state index contributed by atoms with van der Waals surface area (Å²) in [5, 5.41) is 3.74. The van der Waals surface area contributed by atoms with Crippen molar-refractivity contribution in [2.24, 2.45) is 5.73 Å². The first kappa shape index (κ1) is 26.6. The van der Waals surface area contributed by atoms with Crippen LogP contribution in [0.25, 0.3) is 10.9 Å². The molecule has 8 nitrogen and oxygen atoms in total. The number of hydrogen-bond acceptors (Lipinski definition) is 6. The van der Waals surface area contributed by atoms with Crippen LogP contribution in [0.2, 0.25) is 0 Å². The van der Waals surface area contributed by atoms with Gasteiger partial charge in [-0.1, -0.05) is 78.9 Å². The largest absolute Gasteiger partial charge is 0.460 e. The highest BCUT2D eigenvalue weighted by molar-refractivity contribution is 5.87. The van der Waals surface area contributed by atoms with Gasteiger partial charge in [-0.25, -0.2) is 4.79 Å². The van der Waals surface area contributed by atoms with Crippen molar-refractivity contribution in [1.82, 2.24) is 10.3 Å². The van der Waals surface area contributed by atoms with Gasteiger partial charge in [0.1, 0.15) is 25.3 Å². The van der Waals surface area contributed by atoms with E-state index in [1.54, 1.807) is 0 Å². The maximum atomic E-state index is 13.0. The SMILES string of the molecule is N[C@H](CCC(=O)N[C@H](Cc1c[nH]c2ccccc12)C(=O)OCc1ccccc1)C(=O)OCc1ccccc1. The molecule has 4 N–H and O–H groups in total. The van der Waals surface area contributed by atoms with Crippen LogP contribution in [0.4, 0.5) is 0 Å². The van der Waals surface area contributed by atoms with Crippen LogP contribution in [0.5, 0.6) is 0 Å². The molecule has 0 aliphatic carbocycles. The zero-order valence-corrected chi connectivity index (χ0v) is 21.0. The highest BCUT2D eigenvalue weighted by atomic mass is 16.5. The van der Waals surface area contributed by atoms with Crippen molar-refractivity contribution in [3.8, 4) is 0 Å². The summed E-state index contributed by atoms with van der Waals surface area (Å²) in [4.78, 5) is 41.3. The van der Waals surface area contributed by atoms with E-state index in [2.05, 4.69) is 10.3 Å². The van der Waals surface area contributed by atoms with Crippen LogP contribution in [-0.2, 0) is 43.5 Å². The Morgan fingerprint density at radius 2 is 1.37 bits per heavy atom. The van der Waals surface area contributed by atoms with Crippen molar-refractivity contribution in [1.29, 1.82) is 0 Å². The molecule has 0 aliphatic heterocycles. The number of carbonyl (C=O) groups is 3. The van der Waals surface area contributed by atoms with Crippen LogP contribution < -0.4 is 11.1 Å². The maximum Gasteiger partial charge on any atom is 0.329 e. The van der Waals surface area contributed by atoms with E-state index in [0.717, 1.165) is 27.6 Å². The molecule has 1 heterocycles. The lowest BCUT2D eigenvalue weighted by atomic mass is 10.0. The van der Waals surface area contributed by atoms with Gasteiger partial charge >= 0.3 is 11.9 Å². The number of esters is 2. The van der Waals surface area contributed by atoms with Crippen LogP contribution in [0.1, 0.15) is 29.5 Å². The number of amides is 1. The van der Waals surface area contributed by atoms with Crippen LogP contribution >= 0.6 is 0 Å². The van der Waals surface area contributed by atoms with Gasteiger partial charge in [-0.3, -0.25) is 9.59 Å². The van der Waals surface area contributed by atoms with Crippen molar-refractivity contribution < 1.29 is 23.9 Å². The normalized spacial score (nSPS) is 12.4. The highest BCUT2D eigenvalue weighted by Gasteiger charge is 2.25. The van der Waals surface area contributed by atoms with E-state index in [1.807, 2.05) is 91.1 Å². The number of aromatic nitrogens is 1. The van der Waals surface area contributed by atoms with Gasteiger partial charge in [-0.2, -0.15) is 0 Å². The number of carbonyl (C=O) groups excluding carboxylic acids is 3. The maximum absolute atomic E-state index is 13.0. The smallest absolute Gasteiger partial charge is 0.329 e. The lowest BCUT2D eigenvalue weighted by molar-refractivity contribution is -0.149. The van der Waals surface area contributed by atoms with Crippen molar-refractivity contribution in [2.75, 3.05) is 0 Å². The van der Waals surface area contributed by atoms with Gasteiger partial charge in [0.15, 0.2) is 0 Å². The Morgan fingerprint density at radius 3 is 2.03 bits per heavy atom. The number of nitrogens with one attached hydrogen (secondary N) is 2. The number of para-hydroxylation sites is 1.